The van der Waals surface area contributed by atoms with Crippen LogP contribution in [0.4, 0.5) is 0 Å². The number of allylic oxidation sites excluding steroid dienone is 6. The highest BCUT2D eigenvalue weighted by Crippen LogP contribution is 2.56. The summed E-state index contributed by atoms with van der Waals surface area (Å²) < 4.78 is 2.57. The van der Waals surface area contributed by atoms with E-state index in [0.29, 0.717) is 23.9 Å². The van der Waals surface area contributed by atoms with Crippen LogP contribution in [-0.2, 0) is 12.8 Å². The van der Waals surface area contributed by atoms with Gasteiger partial charge in [-0.1, -0.05) is 80.6 Å². The Kier molecular flexibility index (Phi) is 5.86. The van der Waals surface area contributed by atoms with E-state index in [-0.39, 0.29) is 10.8 Å². The van der Waals surface area contributed by atoms with Gasteiger partial charge in [0.05, 0.1) is 11.3 Å². The summed E-state index contributed by atoms with van der Waals surface area (Å²) in [4.78, 5) is 2.57. The molecule has 192 valence electrons. The van der Waals surface area contributed by atoms with Crippen LogP contribution >= 0.6 is 0 Å². The highest BCUT2D eigenvalue weighted by atomic mass is 15.2. The van der Waals surface area contributed by atoms with Gasteiger partial charge in [-0.2, -0.15) is 0 Å². The normalized spacial score (nSPS) is 30.6. The van der Waals surface area contributed by atoms with E-state index in [1.165, 1.54) is 37.1 Å². The van der Waals surface area contributed by atoms with Gasteiger partial charge in [-0.3, -0.25) is 0 Å². The Morgan fingerprint density at radius 2 is 1.41 bits per heavy atom. The number of rotatable bonds is 3. The largest absolute Gasteiger partial charge is 0.374 e. The molecule has 4 unspecified atom stereocenters. The Balaban J connectivity index is 1.24. The number of nitrogens with zero attached hydrogens (tertiary/aromatic N) is 2. The van der Waals surface area contributed by atoms with Gasteiger partial charge in [-0.15, -0.1) is 0 Å². The lowest BCUT2D eigenvalue weighted by Crippen LogP contribution is -2.34. The maximum absolute atomic E-state index is 2.57. The minimum absolute atomic E-state index is 0.121. The summed E-state index contributed by atoms with van der Waals surface area (Å²) in [6, 6.07) is 19.4. The number of hydrogen-bond acceptors (Lipinski definition) is 1. The van der Waals surface area contributed by atoms with E-state index in [4.69, 9.17) is 0 Å². The molecule has 0 N–H and O–H groups in total. The fraction of sp³-hybridized carbons (Fsp3) is 0.457. The Bertz CT molecular complexity index is 1330. The molecule has 1 fully saturated rings. The average Bonchev–Trinajstić information content (AvgIpc) is 3.21. The summed E-state index contributed by atoms with van der Waals surface area (Å²) in [7, 11) is 4.61. The van der Waals surface area contributed by atoms with Crippen molar-refractivity contribution in [2.24, 2.45) is 10.8 Å². The van der Waals surface area contributed by atoms with E-state index in [9.17, 15) is 0 Å². The van der Waals surface area contributed by atoms with Gasteiger partial charge < -0.3 is 4.90 Å². The molecule has 0 aromatic heterocycles. The van der Waals surface area contributed by atoms with E-state index in [1.807, 2.05) is 0 Å². The predicted molar refractivity (Wildman–Crippen MR) is 155 cm³/mol. The molecule has 2 aromatic rings. The van der Waals surface area contributed by atoms with Gasteiger partial charge in [0.2, 0.25) is 0 Å². The van der Waals surface area contributed by atoms with Gasteiger partial charge in [-0.05, 0) is 61.4 Å². The monoisotopic (exact) mass is 491 g/mol. The second kappa shape index (κ2) is 8.86. The lowest BCUT2D eigenvalue weighted by Gasteiger charge is -2.35. The summed E-state index contributed by atoms with van der Waals surface area (Å²) in [6.45, 7) is 9.77. The summed E-state index contributed by atoms with van der Waals surface area (Å²) in [5.74, 6) is 1.12. The zero-order chi connectivity index (χ0) is 25.9. The number of benzene rings is 2. The number of aryl methyl sites for hydroxylation is 2. The van der Waals surface area contributed by atoms with E-state index in [1.54, 1.807) is 22.3 Å². The molecular formula is C35H43N2+. The third-order valence-corrected chi connectivity index (χ3v) is 10.3. The third-order valence-electron chi connectivity index (χ3n) is 10.3. The maximum Gasteiger partial charge on any atom is 0.182 e. The zero-order valence-corrected chi connectivity index (χ0v) is 23.5. The second-order valence-corrected chi connectivity index (χ2v) is 12.9. The van der Waals surface area contributed by atoms with Crippen molar-refractivity contribution in [1.82, 2.24) is 4.90 Å². The molecule has 1 saturated heterocycles. The fourth-order valence-electron chi connectivity index (χ4n) is 8.67. The Morgan fingerprint density at radius 1 is 0.784 bits per heavy atom. The van der Waals surface area contributed by atoms with E-state index >= 15 is 0 Å². The first-order valence-corrected chi connectivity index (χ1v) is 14.3. The van der Waals surface area contributed by atoms with Crippen LogP contribution in [-0.4, -0.2) is 41.4 Å². The quantitative estimate of drug-likeness (QED) is 0.323. The van der Waals surface area contributed by atoms with Crippen molar-refractivity contribution in [3.63, 3.8) is 0 Å². The van der Waals surface area contributed by atoms with Crippen LogP contribution in [0.25, 0.3) is 0 Å². The summed E-state index contributed by atoms with van der Waals surface area (Å²) >= 11 is 0. The molecule has 2 aliphatic heterocycles. The minimum atomic E-state index is 0.121. The van der Waals surface area contributed by atoms with Crippen molar-refractivity contribution in [2.45, 2.75) is 77.3 Å². The highest BCUT2D eigenvalue weighted by molar-refractivity contribution is 5.97. The molecule has 0 spiro atoms. The van der Waals surface area contributed by atoms with Crippen molar-refractivity contribution < 1.29 is 4.58 Å². The highest BCUT2D eigenvalue weighted by Gasteiger charge is 2.55. The van der Waals surface area contributed by atoms with Gasteiger partial charge >= 0.3 is 0 Å². The number of fused-ring (bicyclic) bond motifs is 6. The Morgan fingerprint density at radius 3 is 2.11 bits per heavy atom. The second-order valence-electron chi connectivity index (χ2n) is 12.9. The molecular weight excluding hydrogens is 448 g/mol. The molecule has 0 radical (unpaired) electrons. The van der Waals surface area contributed by atoms with Crippen LogP contribution in [0.15, 0.2) is 84.6 Å². The third kappa shape index (κ3) is 3.70. The van der Waals surface area contributed by atoms with Crippen LogP contribution in [0.2, 0.25) is 0 Å². The number of likely N-dealkylation sites (tertiary alicyclic amines) is 1. The molecule has 6 rings (SSSR count). The zero-order valence-electron chi connectivity index (χ0n) is 23.5. The molecule has 2 aliphatic carbocycles. The summed E-state index contributed by atoms with van der Waals surface area (Å²) in [5.41, 5.74) is 9.38. The van der Waals surface area contributed by atoms with Crippen molar-refractivity contribution in [2.75, 3.05) is 14.1 Å². The van der Waals surface area contributed by atoms with Gasteiger partial charge in [0.25, 0.3) is 0 Å². The van der Waals surface area contributed by atoms with Gasteiger partial charge in [-0.25, -0.2) is 4.58 Å². The van der Waals surface area contributed by atoms with Gasteiger partial charge in [0.1, 0.15) is 7.05 Å². The van der Waals surface area contributed by atoms with Crippen LogP contribution in [0, 0.1) is 10.8 Å². The smallest absolute Gasteiger partial charge is 0.182 e. The average molecular weight is 492 g/mol. The van der Waals surface area contributed by atoms with Crippen LogP contribution in [0.5, 0.6) is 0 Å². The van der Waals surface area contributed by atoms with Crippen molar-refractivity contribution >= 4 is 5.71 Å². The van der Waals surface area contributed by atoms with E-state index < -0.39 is 0 Å². The molecule has 2 aromatic carbocycles. The first kappa shape index (κ1) is 24.5. The van der Waals surface area contributed by atoms with E-state index in [0.717, 1.165) is 0 Å². The first-order valence-electron chi connectivity index (χ1n) is 14.3. The number of likely N-dealkylation sites (N-methyl/N-ethyl adjacent to an activating group) is 2. The lowest BCUT2D eigenvalue weighted by atomic mass is 9.66. The minimum Gasteiger partial charge on any atom is -0.374 e. The van der Waals surface area contributed by atoms with Crippen molar-refractivity contribution in [1.29, 1.82) is 0 Å². The Hall–Kier alpha value is -2.87. The first-order chi connectivity index (χ1) is 17.7. The SMILES string of the molecule is CN1/C(=C/C=C/C=C/C2=[N+](C)C3CCc4ccccc4C3C2(C)C)C(C)(C)C2c3ccccc3CCC21. The topological polar surface area (TPSA) is 6.25 Å². The summed E-state index contributed by atoms with van der Waals surface area (Å²) in [5, 5.41) is 0. The van der Waals surface area contributed by atoms with Crippen LogP contribution < -0.4 is 0 Å². The lowest BCUT2D eigenvalue weighted by molar-refractivity contribution is -0.533. The molecule has 2 heterocycles. The molecule has 0 saturated carbocycles. The molecule has 2 nitrogen and oxygen atoms in total. The molecule has 2 heteroatoms. The van der Waals surface area contributed by atoms with Gasteiger partial charge in [0, 0.05) is 42.6 Å². The molecule has 0 amide bonds. The standard InChI is InChI=1S/C35H43N2/c1-34(2)30(36(5)28-22-20-24-14-10-12-16-26(24)32(28)34)18-8-7-9-19-31-35(3,4)33-27-17-13-11-15-25(27)21-23-29(33)37(31)6/h7-19,28-29,32-33H,20-23H2,1-6H3/q+1. The van der Waals surface area contributed by atoms with Crippen molar-refractivity contribution in [3.8, 4) is 0 Å². The maximum atomic E-state index is 2.57. The molecule has 4 atom stereocenters. The van der Waals surface area contributed by atoms with E-state index in [2.05, 4.69) is 130 Å². The van der Waals surface area contributed by atoms with Crippen LogP contribution in [0.1, 0.15) is 74.6 Å². The number of hydrogen-bond donors (Lipinski definition) is 0. The molecule has 37 heavy (non-hydrogen) atoms. The summed E-state index contributed by atoms with van der Waals surface area (Å²) in [6.07, 6.45) is 16.4. The van der Waals surface area contributed by atoms with Crippen molar-refractivity contribution in [3.05, 3.63) is 107 Å². The van der Waals surface area contributed by atoms with Crippen LogP contribution in [0.3, 0.4) is 0 Å². The predicted octanol–water partition coefficient (Wildman–Crippen LogP) is 7.27. The molecule has 4 aliphatic rings. The molecule has 0 bridgehead atoms. The Labute approximate surface area is 224 Å². The fourth-order valence-corrected chi connectivity index (χ4v) is 8.67. The van der Waals surface area contributed by atoms with Gasteiger partial charge in [0.15, 0.2) is 11.8 Å².